The lowest BCUT2D eigenvalue weighted by atomic mass is 10.1. The van der Waals surface area contributed by atoms with E-state index in [0.29, 0.717) is 0 Å². The Labute approximate surface area is 98.6 Å². The van der Waals surface area contributed by atoms with Gasteiger partial charge >= 0.3 is 12.0 Å². The van der Waals surface area contributed by atoms with E-state index >= 15 is 0 Å². The summed E-state index contributed by atoms with van der Waals surface area (Å²) in [6.07, 6.45) is 0. The molecule has 0 aromatic carbocycles. The predicted octanol–water partition coefficient (Wildman–Crippen LogP) is -0.956. The van der Waals surface area contributed by atoms with Gasteiger partial charge in [-0.1, -0.05) is 0 Å². The molecule has 0 aliphatic heterocycles. The number of aliphatic hydroxyl groups is 2. The number of ether oxygens (including phenoxy) is 2. The molecular weight excluding hydrogens is 228 g/mol. The van der Waals surface area contributed by atoms with Gasteiger partial charge in [-0.25, -0.2) is 0 Å². The Morgan fingerprint density at radius 2 is 1.53 bits per heavy atom. The molecule has 1 aromatic rings. The number of nitrogens with one attached hydrogen (secondary N) is 1. The van der Waals surface area contributed by atoms with Crippen molar-refractivity contribution < 1.29 is 19.7 Å². The van der Waals surface area contributed by atoms with Crippen LogP contribution in [0, 0.1) is 0 Å². The minimum Gasteiger partial charge on any atom is -0.467 e. The molecule has 0 amide bonds. The second-order valence-corrected chi connectivity index (χ2v) is 3.63. The van der Waals surface area contributed by atoms with Crippen LogP contribution in [0.1, 0.15) is 6.92 Å². The summed E-state index contributed by atoms with van der Waals surface area (Å²) in [6.45, 7) is 1.06. The van der Waals surface area contributed by atoms with Crippen molar-refractivity contribution in [2.75, 3.05) is 32.8 Å². The fourth-order valence-electron chi connectivity index (χ4n) is 0.975. The summed E-state index contributed by atoms with van der Waals surface area (Å²) in [4.78, 5) is 11.7. The average Bonchev–Trinajstić information content (AvgIpc) is 2.37. The van der Waals surface area contributed by atoms with E-state index in [9.17, 15) is 0 Å². The van der Waals surface area contributed by atoms with Gasteiger partial charge in [0.15, 0.2) is 0 Å². The predicted molar refractivity (Wildman–Crippen MR) is 59.1 cm³/mol. The van der Waals surface area contributed by atoms with Gasteiger partial charge in [-0.2, -0.15) is 9.97 Å². The van der Waals surface area contributed by atoms with Crippen LogP contribution in [0.4, 0.5) is 5.95 Å². The Morgan fingerprint density at radius 3 is 1.88 bits per heavy atom. The van der Waals surface area contributed by atoms with Crippen molar-refractivity contribution >= 4 is 5.95 Å². The zero-order valence-electron chi connectivity index (χ0n) is 9.97. The Kier molecular flexibility index (Phi) is 4.41. The van der Waals surface area contributed by atoms with Gasteiger partial charge in [0, 0.05) is 0 Å². The van der Waals surface area contributed by atoms with Crippen molar-refractivity contribution in [3.05, 3.63) is 0 Å². The van der Waals surface area contributed by atoms with E-state index in [1.165, 1.54) is 14.2 Å². The zero-order chi connectivity index (χ0) is 12.9. The van der Waals surface area contributed by atoms with Gasteiger partial charge in [-0.3, -0.25) is 0 Å². The van der Waals surface area contributed by atoms with Crippen LogP contribution < -0.4 is 14.8 Å². The van der Waals surface area contributed by atoms with Crippen molar-refractivity contribution in [2.24, 2.45) is 0 Å². The molecule has 1 rings (SSSR count). The first kappa shape index (κ1) is 13.4. The van der Waals surface area contributed by atoms with E-state index in [2.05, 4.69) is 20.3 Å². The third-order valence-electron chi connectivity index (χ3n) is 2.07. The fraction of sp³-hybridized carbons (Fsp3) is 0.667. The zero-order valence-corrected chi connectivity index (χ0v) is 9.97. The number of hydrogen-bond acceptors (Lipinski definition) is 8. The third kappa shape index (κ3) is 3.40. The first-order valence-electron chi connectivity index (χ1n) is 4.91. The van der Waals surface area contributed by atoms with Gasteiger partial charge in [-0.15, -0.1) is 4.98 Å². The minimum atomic E-state index is -0.933. The maximum absolute atomic E-state index is 9.14. The van der Waals surface area contributed by atoms with E-state index in [1.54, 1.807) is 6.92 Å². The number of anilines is 1. The summed E-state index contributed by atoms with van der Waals surface area (Å²) < 4.78 is 9.74. The van der Waals surface area contributed by atoms with Gasteiger partial charge in [0.1, 0.15) is 0 Å². The topological polar surface area (TPSA) is 110 Å². The van der Waals surface area contributed by atoms with E-state index in [0.717, 1.165) is 0 Å². The summed E-state index contributed by atoms with van der Waals surface area (Å²) in [5.74, 6) is 0.152. The molecule has 1 aromatic heterocycles. The molecule has 8 nitrogen and oxygen atoms in total. The summed E-state index contributed by atoms with van der Waals surface area (Å²) >= 11 is 0. The lowest BCUT2D eigenvalue weighted by molar-refractivity contribution is 0.146. The first-order valence-corrected chi connectivity index (χ1v) is 4.91. The lowest BCUT2D eigenvalue weighted by Gasteiger charge is -2.25. The number of nitrogens with zero attached hydrogens (tertiary/aromatic N) is 3. The molecule has 0 aliphatic carbocycles. The van der Waals surface area contributed by atoms with Crippen molar-refractivity contribution in [1.82, 2.24) is 15.0 Å². The highest BCUT2D eigenvalue weighted by Crippen LogP contribution is 2.16. The SMILES string of the molecule is COc1nc(NC(C)(CO)CO)nc(OC)n1. The van der Waals surface area contributed by atoms with E-state index < -0.39 is 5.54 Å². The molecule has 0 saturated heterocycles. The monoisotopic (exact) mass is 244 g/mol. The van der Waals surface area contributed by atoms with Gasteiger partial charge in [0.2, 0.25) is 5.95 Å². The molecule has 0 bridgehead atoms. The molecule has 0 atom stereocenters. The summed E-state index contributed by atoms with van der Waals surface area (Å²) in [5, 5.41) is 21.1. The molecular formula is C9H16N4O4. The Morgan fingerprint density at radius 1 is 1.06 bits per heavy atom. The molecule has 0 radical (unpaired) electrons. The van der Waals surface area contributed by atoms with Crippen LogP contribution in [-0.2, 0) is 0 Å². The highest BCUT2D eigenvalue weighted by atomic mass is 16.5. The van der Waals surface area contributed by atoms with E-state index in [4.69, 9.17) is 19.7 Å². The molecule has 0 unspecified atom stereocenters. The molecule has 1 heterocycles. The van der Waals surface area contributed by atoms with Gasteiger partial charge in [0.05, 0.1) is 33.0 Å². The number of aromatic nitrogens is 3. The molecule has 17 heavy (non-hydrogen) atoms. The number of hydrogen-bond donors (Lipinski definition) is 3. The van der Waals surface area contributed by atoms with E-state index in [1.807, 2.05) is 0 Å². The van der Waals surface area contributed by atoms with Crippen LogP contribution in [0.5, 0.6) is 12.0 Å². The van der Waals surface area contributed by atoms with Crippen LogP contribution >= 0.6 is 0 Å². The summed E-state index contributed by atoms with van der Waals surface area (Å²) in [6, 6.07) is 0.162. The quantitative estimate of drug-likeness (QED) is 0.587. The average molecular weight is 244 g/mol. The van der Waals surface area contributed by atoms with Gasteiger partial charge in [-0.05, 0) is 6.92 Å². The van der Waals surface area contributed by atoms with Gasteiger partial charge in [0.25, 0.3) is 0 Å². The second-order valence-electron chi connectivity index (χ2n) is 3.63. The standard InChI is InChI=1S/C9H16N4O4/c1-9(4-14,5-15)13-6-10-7(16-2)12-8(11-6)17-3/h14-15H,4-5H2,1-3H3,(H,10,11,12,13). The minimum absolute atomic E-state index is 0.0811. The normalized spacial score (nSPS) is 11.1. The Hall–Kier alpha value is -1.67. The van der Waals surface area contributed by atoms with Crippen LogP contribution in [-0.4, -0.2) is 58.1 Å². The largest absolute Gasteiger partial charge is 0.467 e. The fourth-order valence-corrected chi connectivity index (χ4v) is 0.975. The third-order valence-corrected chi connectivity index (χ3v) is 2.07. The van der Waals surface area contributed by atoms with Gasteiger partial charge < -0.3 is 25.0 Å². The highest BCUT2D eigenvalue weighted by molar-refractivity contribution is 5.31. The second kappa shape index (κ2) is 5.60. The molecule has 0 aliphatic rings. The van der Waals surface area contributed by atoms with Crippen molar-refractivity contribution in [3.8, 4) is 12.0 Å². The summed E-state index contributed by atoms with van der Waals surface area (Å²) in [5.41, 5.74) is -0.933. The molecule has 0 saturated carbocycles. The maximum Gasteiger partial charge on any atom is 0.324 e. The molecule has 8 heteroatoms. The maximum atomic E-state index is 9.14. The molecule has 3 N–H and O–H groups in total. The van der Waals surface area contributed by atoms with Crippen molar-refractivity contribution in [2.45, 2.75) is 12.5 Å². The van der Waals surface area contributed by atoms with Crippen molar-refractivity contribution in [3.63, 3.8) is 0 Å². The molecule has 0 fully saturated rings. The molecule has 0 spiro atoms. The lowest BCUT2D eigenvalue weighted by Crippen LogP contribution is -2.43. The number of rotatable bonds is 6. The van der Waals surface area contributed by atoms with Crippen LogP contribution in [0.25, 0.3) is 0 Å². The highest BCUT2D eigenvalue weighted by Gasteiger charge is 2.24. The number of methoxy groups -OCH3 is 2. The van der Waals surface area contributed by atoms with Crippen molar-refractivity contribution in [1.29, 1.82) is 0 Å². The molecule has 96 valence electrons. The number of aliphatic hydroxyl groups excluding tert-OH is 2. The Balaban J connectivity index is 2.97. The summed E-state index contributed by atoms with van der Waals surface area (Å²) in [7, 11) is 2.83. The van der Waals surface area contributed by atoms with E-state index in [-0.39, 0.29) is 31.2 Å². The van der Waals surface area contributed by atoms with Crippen LogP contribution in [0.3, 0.4) is 0 Å². The van der Waals surface area contributed by atoms with Crippen LogP contribution in [0.2, 0.25) is 0 Å². The smallest absolute Gasteiger partial charge is 0.324 e. The Bertz CT molecular complexity index is 348. The first-order chi connectivity index (χ1) is 8.06. The van der Waals surface area contributed by atoms with Crippen LogP contribution in [0.15, 0.2) is 0 Å².